The molecule has 0 spiro atoms. The summed E-state index contributed by atoms with van der Waals surface area (Å²) < 4.78 is 10.7. The highest BCUT2D eigenvalue weighted by atomic mass is 35.5. The van der Waals surface area contributed by atoms with Gasteiger partial charge in [-0.1, -0.05) is 25.4 Å². The number of carboxylic acid groups (broad SMARTS) is 1. The van der Waals surface area contributed by atoms with Crippen molar-refractivity contribution in [3.63, 3.8) is 0 Å². The lowest BCUT2D eigenvalue weighted by Crippen LogP contribution is -2.04. The van der Waals surface area contributed by atoms with Crippen molar-refractivity contribution in [2.24, 2.45) is 0 Å². The third kappa shape index (κ3) is 3.39. The van der Waals surface area contributed by atoms with Crippen molar-refractivity contribution < 1.29 is 19.1 Å². The van der Waals surface area contributed by atoms with Crippen molar-refractivity contribution in [1.82, 2.24) is 0 Å². The monoisotopic (exact) mass is 308 g/mol. The summed E-state index contributed by atoms with van der Waals surface area (Å²) in [5.74, 6) is -0.218. The highest BCUT2D eigenvalue weighted by molar-refractivity contribution is 6.31. The maximum Gasteiger partial charge on any atom is 0.372 e. The lowest BCUT2D eigenvalue weighted by atomic mass is 10.0. The van der Waals surface area contributed by atoms with Crippen molar-refractivity contribution in [1.29, 1.82) is 0 Å². The number of aromatic carboxylic acids is 1. The third-order valence-electron chi connectivity index (χ3n) is 3.24. The third-order valence-corrected chi connectivity index (χ3v) is 3.57. The van der Waals surface area contributed by atoms with E-state index in [1.807, 2.05) is 19.1 Å². The van der Waals surface area contributed by atoms with E-state index >= 15 is 0 Å². The molecule has 0 saturated carbocycles. The molecule has 0 fully saturated rings. The molecular weight excluding hydrogens is 292 g/mol. The van der Waals surface area contributed by atoms with Crippen LogP contribution in [0.5, 0.6) is 5.75 Å². The van der Waals surface area contributed by atoms with E-state index in [9.17, 15) is 4.79 Å². The average molecular weight is 309 g/mol. The second-order valence-electron chi connectivity index (χ2n) is 5.16. The molecule has 1 heterocycles. The molecule has 1 aromatic heterocycles. The molecule has 0 atom stereocenters. The first-order valence-electron chi connectivity index (χ1n) is 6.62. The van der Waals surface area contributed by atoms with Crippen LogP contribution in [0.4, 0.5) is 0 Å². The minimum atomic E-state index is -1.10. The van der Waals surface area contributed by atoms with Gasteiger partial charge in [0.05, 0.1) is 6.26 Å². The fourth-order valence-corrected chi connectivity index (χ4v) is 2.50. The van der Waals surface area contributed by atoms with Crippen LogP contribution in [0.25, 0.3) is 0 Å². The molecule has 5 heteroatoms. The van der Waals surface area contributed by atoms with E-state index in [-0.39, 0.29) is 18.3 Å². The van der Waals surface area contributed by atoms with Crippen LogP contribution in [0.3, 0.4) is 0 Å². The van der Waals surface area contributed by atoms with Crippen molar-refractivity contribution in [2.75, 3.05) is 0 Å². The Morgan fingerprint density at radius 1 is 1.43 bits per heavy atom. The van der Waals surface area contributed by atoms with Gasteiger partial charge in [0.15, 0.2) is 0 Å². The van der Waals surface area contributed by atoms with E-state index in [1.165, 1.54) is 6.26 Å². The first-order chi connectivity index (χ1) is 9.90. The van der Waals surface area contributed by atoms with Crippen molar-refractivity contribution in [2.45, 2.75) is 33.3 Å². The predicted octanol–water partition coefficient (Wildman–Crippen LogP) is 4.64. The Morgan fingerprint density at radius 3 is 2.76 bits per heavy atom. The van der Waals surface area contributed by atoms with Gasteiger partial charge in [-0.25, -0.2) is 4.79 Å². The second kappa shape index (κ2) is 6.22. The Morgan fingerprint density at radius 2 is 2.14 bits per heavy atom. The average Bonchev–Trinajstić information content (AvgIpc) is 2.85. The zero-order valence-electron chi connectivity index (χ0n) is 12.1. The van der Waals surface area contributed by atoms with E-state index < -0.39 is 5.97 Å². The summed E-state index contributed by atoms with van der Waals surface area (Å²) in [6.07, 6.45) is 1.34. The van der Waals surface area contributed by atoms with Crippen LogP contribution in [-0.4, -0.2) is 11.1 Å². The normalized spacial score (nSPS) is 10.9. The molecule has 0 radical (unpaired) electrons. The van der Waals surface area contributed by atoms with Crippen LogP contribution in [0.15, 0.2) is 28.9 Å². The van der Waals surface area contributed by atoms with Crippen LogP contribution >= 0.6 is 11.6 Å². The van der Waals surface area contributed by atoms with Gasteiger partial charge in [-0.05, 0) is 42.2 Å². The summed E-state index contributed by atoms with van der Waals surface area (Å²) in [6, 6.07) is 5.36. The van der Waals surface area contributed by atoms with Crippen LogP contribution in [0.1, 0.15) is 47.0 Å². The van der Waals surface area contributed by atoms with E-state index in [0.717, 1.165) is 11.1 Å². The molecule has 21 heavy (non-hydrogen) atoms. The van der Waals surface area contributed by atoms with Gasteiger partial charge in [0.25, 0.3) is 0 Å². The van der Waals surface area contributed by atoms with E-state index in [2.05, 4.69) is 13.8 Å². The number of halogens is 1. The first kappa shape index (κ1) is 15.4. The Balaban J connectivity index is 2.22. The maximum absolute atomic E-state index is 11.0. The maximum atomic E-state index is 11.0. The molecule has 0 unspecified atom stereocenters. The van der Waals surface area contributed by atoms with Crippen LogP contribution in [0.2, 0.25) is 5.02 Å². The molecule has 0 aliphatic heterocycles. The van der Waals surface area contributed by atoms with Gasteiger partial charge in [-0.2, -0.15) is 0 Å². The minimum Gasteiger partial charge on any atom is -0.488 e. The van der Waals surface area contributed by atoms with Gasteiger partial charge in [0.2, 0.25) is 5.76 Å². The largest absolute Gasteiger partial charge is 0.488 e. The Kier molecular flexibility index (Phi) is 4.58. The first-order valence-corrected chi connectivity index (χ1v) is 7.00. The molecule has 2 rings (SSSR count). The fourth-order valence-electron chi connectivity index (χ4n) is 2.06. The molecule has 0 aliphatic carbocycles. The van der Waals surface area contributed by atoms with Crippen molar-refractivity contribution >= 4 is 17.6 Å². The summed E-state index contributed by atoms with van der Waals surface area (Å²) in [6.45, 7) is 6.15. The topological polar surface area (TPSA) is 59.7 Å². The number of carbonyl (C=O) groups is 1. The van der Waals surface area contributed by atoms with Crippen molar-refractivity contribution in [3.05, 3.63) is 51.9 Å². The predicted molar refractivity (Wildman–Crippen MR) is 80.3 cm³/mol. The lowest BCUT2D eigenvalue weighted by molar-refractivity contribution is 0.0658. The zero-order valence-corrected chi connectivity index (χ0v) is 12.9. The number of hydrogen-bond donors (Lipinski definition) is 1. The number of carboxylic acids is 1. The fraction of sp³-hybridized carbons (Fsp3) is 0.312. The number of benzene rings is 1. The SMILES string of the molecule is Cc1cc(Cl)c(C(C)C)cc1OCc1ccoc1C(=O)O. The van der Waals surface area contributed by atoms with Crippen LogP contribution in [0, 0.1) is 6.92 Å². The van der Waals surface area contributed by atoms with E-state index in [4.69, 9.17) is 25.9 Å². The van der Waals surface area contributed by atoms with E-state index in [0.29, 0.717) is 16.3 Å². The smallest absolute Gasteiger partial charge is 0.372 e. The van der Waals surface area contributed by atoms with Crippen LogP contribution in [-0.2, 0) is 6.61 Å². The molecule has 4 nitrogen and oxygen atoms in total. The van der Waals surface area contributed by atoms with Gasteiger partial charge in [0.1, 0.15) is 12.4 Å². The molecule has 112 valence electrons. The summed E-state index contributed by atoms with van der Waals surface area (Å²) in [7, 11) is 0. The lowest BCUT2D eigenvalue weighted by Gasteiger charge is -2.14. The van der Waals surface area contributed by atoms with Gasteiger partial charge in [-0.3, -0.25) is 0 Å². The summed E-state index contributed by atoms with van der Waals surface area (Å²) in [5, 5.41) is 9.71. The number of rotatable bonds is 5. The Labute approximate surface area is 128 Å². The van der Waals surface area contributed by atoms with Gasteiger partial charge in [-0.15, -0.1) is 0 Å². The summed E-state index contributed by atoms with van der Waals surface area (Å²) in [5.41, 5.74) is 2.41. The van der Waals surface area contributed by atoms with Gasteiger partial charge >= 0.3 is 5.97 Å². The highest BCUT2D eigenvalue weighted by Gasteiger charge is 2.15. The Hall–Kier alpha value is -1.94. The zero-order chi connectivity index (χ0) is 15.6. The second-order valence-corrected chi connectivity index (χ2v) is 5.57. The summed E-state index contributed by atoms with van der Waals surface area (Å²) in [4.78, 5) is 11.0. The number of ether oxygens (including phenoxy) is 1. The quantitative estimate of drug-likeness (QED) is 0.874. The standard InChI is InChI=1S/C16H17ClO4/c1-9(2)12-7-14(10(3)6-13(12)17)21-8-11-4-5-20-15(11)16(18)19/h4-7,9H,8H2,1-3H3,(H,18,19). The molecule has 0 saturated heterocycles. The molecule has 2 aromatic rings. The molecule has 0 bridgehead atoms. The van der Waals surface area contributed by atoms with Crippen molar-refractivity contribution in [3.8, 4) is 5.75 Å². The number of hydrogen-bond acceptors (Lipinski definition) is 3. The molecule has 1 aromatic carbocycles. The molecule has 1 N–H and O–H groups in total. The van der Waals surface area contributed by atoms with E-state index in [1.54, 1.807) is 6.07 Å². The van der Waals surface area contributed by atoms with Gasteiger partial charge < -0.3 is 14.3 Å². The van der Waals surface area contributed by atoms with Gasteiger partial charge in [0, 0.05) is 10.6 Å². The number of aryl methyl sites for hydroxylation is 1. The Bertz CT molecular complexity index is 658. The molecule has 0 amide bonds. The molecular formula is C16H17ClO4. The highest BCUT2D eigenvalue weighted by Crippen LogP contribution is 2.32. The molecule has 0 aliphatic rings. The summed E-state index contributed by atoms with van der Waals surface area (Å²) >= 11 is 6.21. The minimum absolute atomic E-state index is 0.0919. The number of furan rings is 1. The van der Waals surface area contributed by atoms with Crippen LogP contribution < -0.4 is 4.74 Å².